The van der Waals surface area contributed by atoms with E-state index in [4.69, 9.17) is 9.47 Å². The van der Waals surface area contributed by atoms with E-state index in [1.54, 1.807) is 35.1 Å². The molecule has 0 saturated heterocycles. The third-order valence-electron chi connectivity index (χ3n) is 6.71. The fourth-order valence-electron chi connectivity index (χ4n) is 4.63. The van der Waals surface area contributed by atoms with Gasteiger partial charge in [-0.3, -0.25) is 9.48 Å². The van der Waals surface area contributed by atoms with E-state index in [0.717, 1.165) is 15.8 Å². The fourth-order valence-corrected chi connectivity index (χ4v) is 4.63. The van der Waals surface area contributed by atoms with Crippen LogP contribution in [0, 0.1) is 6.92 Å². The van der Waals surface area contributed by atoms with Crippen molar-refractivity contribution in [3.63, 3.8) is 0 Å². The zero-order valence-electron chi connectivity index (χ0n) is 21.5. The van der Waals surface area contributed by atoms with E-state index >= 15 is 0 Å². The van der Waals surface area contributed by atoms with Gasteiger partial charge in [0.25, 0.3) is 5.91 Å². The molecule has 5 rings (SSSR count). The number of nitrogens with one attached hydrogen (secondary N) is 2. The molecule has 39 heavy (non-hydrogen) atoms. The summed E-state index contributed by atoms with van der Waals surface area (Å²) < 4.78 is 55.3. The van der Waals surface area contributed by atoms with Crippen LogP contribution in [0.1, 0.15) is 45.7 Å². The number of methoxy groups -OCH3 is 2. The smallest absolute Gasteiger partial charge is 0.410 e. The largest absolute Gasteiger partial charge is 0.493 e. The average molecular weight is 541 g/mol. The van der Waals surface area contributed by atoms with Gasteiger partial charge in [0.05, 0.1) is 26.8 Å². The Labute approximate surface area is 222 Å². The highest BCUT2D eigenvalue weighted by molar-refractivity contribution is 6.02. The van der Waals surface area contributed by atoms with Crippen LogP contribution in [0.15, 0.2) is 60.8 Å². The molecule has 9 nitrogen and oxygen atoms in total. The second-order valence-electron chi connectivity index (χ2n) is 9.24. The van der Waals surface area contributed by atoms with Gasteiger partial charge in [0.1, 0.15) is 5.82 Å². The number of carbonyl (C=O) groups excluding carboxylic acids is 1. The molecular weight excluding hydrogens is 513 g/mol. The van der Waals surface area contributed by atoms with Crippen LogP contribution in [0.5, 0.6) is 11.5 Å². The zero-order valence-corrected chi connectivity index (χ0v) is 21.5. The van der Waals surface area contributed by atoms with Gasteiger partial charge in [0.2, 0.25) is 0 Å². The van der Waals surface area contributed by atoms with Gasteiger partial charge in [0.15, 0.2) is 29.1 Å². The van der Waals surface area contributed by atoms with Crippen LogP contribution in [-0.2, 0) is 6.54 Å². The number of nitrogens with zero attached hydrogens (tertiary/aromatic N) is 4. The average Bonchev–Trinajstić information content (AvgIpc) is 3.55. The van der Waals surface area contributed by atoms with Crippen LogP contribution in [0.3, 0.4) is 0 Å². The summed E-state index contributed by atoms with van der Waals surface area (Å²) in [4.78, 5) is 12.9. The predicted molar refractivity (Wildman–Crippen MR) is 138 cm³/mol. The second-order valence-corrected chi connectivity index (χ2v) is 9.24. The molecule has 0 radical (unpaired) electrons. The highest BCUT2D eigenvalue weighted by atomic mass is 19.4. The van der Waals surface area contributed by atoms with E-state index < -0.39 is 24.2 Å². The molecule has 0 aliphatic carbocycles. The number of carbonyl (C=O) groups is 1. The Bertz CT molecular complexity index is 1500. The van der Waals surface area contributed by atoms with Gasteiger partial charge in [-0.05, 0) is 35.7 Å². The number of rotatable bonds is 7. The highest BCUT2D eigenvalue weighted by Gasteiger charge is 2.47. The van der Waals surface area contributed by atoms with Gasteiger partial charge in [-0.1, -0.05) is 30.3 Å². The summed E-state index contributed by atoms with van der Waals surface area (Å²) in [5.74, 6) is 0.557. The molecule has 1 aliphatic heterocycles. The highest BCUT2D eigenvalue weighted by Crippen LogP contribution is 2.44. The van der Waals surface area contributed by atoms with Crippen molar-refractivity contribution in [2.24, 2.45) is 0 Å². The molecule has 2 atom stereocenters. The Morgan fingerprint density at radius 2 is 1.85 bits per heavy atom. The van der Waals surface area contributed by atoms with Crippen LogP contribution < -0.4 is 20.1 Å². The quantitative estimate of drug-likeness (QED) is 0.328. The van der Waals surface area contributed by atoms with E-state index in [2.05, 4.69) is 20.8 Å². The van der Waals surface area contributed by atoms with Crippen LogP contribution >= 0.6 is 0 Å². The number of amides is 1. The summed E-state index contributed by atoms with van der Waals surface area (Å²) in [5, 5.41) is 14.1. The number of benzene rings is 2. The second kappa shape index (κ2) is 10.4. The lowest BCUT2D eigenvalue weighted by atomic mass is 9.96. The normalized spacial score (nSPS) is 16.8. The molecule has 2 N–H and O–H groups in total. The van der Waals surface area contributed by atoms with Crippen molar-refractivity contribution in [2.45, 2.75) is 38.1 Å². The fraction of sp³-hybridized carbons (Fsp3) is 0.296. The Morgan fingerprint density at radius 3 is 2.56 bits per heavy atom. The molecule has 0 spiro atoms. The SMILES string of the molecule is COc1ccc([C@H]2C[C@@H](C(F)(F)F)n3nc(C(=O)Nc4ccn(Cc5ccccc5C)n4)cc3N2)cc1OC. The monoisotopic (exact) mass is 540 g/mol. The van der Waals surface area contributed by atoms with Crippen molar-refractivity contribution >= 4 is 17.5 Å². The van der Waals surface area contributed by atoms with E-state index in [-0.39, 0.29) is 23.8 Å². The van der Waals surface area contributed by atoms with Gasteiger partial charge in [-0.15, -0.1) is 0 Å². The molecule has 2 aromatic carbocycles. The van der Waals surface area contributed by atoms with Crippen LogP contribution in [0.4, 0.5) is 24.8 Å². The van der Waals surface area contributed by atoms with Crippen molar-refractivity contribution in [2.75, 3.05) is 24.9 Å². The summed E-state index contributed by atoms with van der Waals surface area (Å²) >= 11 is 0. The zero-order chi connectivity index (χ0) is 27.7. The lowest BCUT2D eigenvalue weighted by Crippen LogP contribution is -2.35. The van der Waals surface area contributed by atoms with Gasteiger partial charge >= 0.3 is 6.18 Å². The topological polar surface area (TPSA) is 95.2 Å². The van der Waals surface area contributed by atoms with Gasteiger partial charge < -0.3 is 20.1 Å². The maximum absolute atomic E-state index is 14.1. The maximum atomic E-state index is 14.1. The molecule has 1 aliphatic rings. The number of hydrogen-bond acceptors (Lipinski definition) is 6. The minimum atomic E-state index is -4.58. The predicted octanol–water partition coefficient (Wildman–Crippen LogP) is 5.37. The van der Waals surface area contributed by atoms with Crippen molar-refractivity contribution in [1.82, 2.24) is 19.6 Å². The first kappa shape index (κ1) is 26.1. The summed E-state index contributed by atoms with van der Waals surface area (Å²) in [7, 11) is 2.94. The van der Waals surface area contributed by atoms with Crippen LogP contribution in [-0.4, -0.2) is 45.9 Å². The number of hydrogen-bond donors (Lipinski definition) is 2. The number of alkyl halides is 3. The van der Waals surface area contributed by atoms with Crippen molar-refractivity contribution in [1.29, 1.82) is 0 Å². The Kier molecular flexibility index (Phi) is 6.94. The number of halogens is 3. The molecule has 1 amide bonds. The third kappa shape index (κ3) is 5.40. The lowest BCUT2D eigenvalue weighted by molar-refractivity contribution is -0.173. The minimum Gasteiger partial charge on any atom is -0.493 e. The summed E-state index contributed by atoms with van der Waals surface area (Å²) in [6, 6.07) is 13.1. The number of anilines is 2. The standard InChI is InChI=1S/C27H27F3N6O3/c1-16-6-4-5-7-18(16)15-35-11-10-24(34-35)32-26(37)20-14-25-31-19(13-23(27(28,29)30)36(25)33-20)17-8-9-21(38-2)22(12-17)39-3/h4-12,14,19,23,31H,13,15H2,1-3H3,(H,32,34,37)/t19-,23+/m1/s1. The Balaban J connectivity index is 1.36. The number of fused-ring (bicyclic) bond motifs is 1. The van der Waals surface area contributed by atoms with E-state index in [1.165, 1.54) is 20.3 Å². The van der Waals surface area contributed by atoms with E-state index in [0.29, 0.717) is 23.6 Å². The van der Waals surface area contributed by atoms with Crippen LogP contribution in [0.2, 0.25) is 0 Å². The lowest BCUT2D eigenvalue weighted by Gasteiger charge is -2.33. The molecule has 0 unspecified atom stereocenters. The summed E-state index contributed by atoms with van der Waals surface area (Å²) in [6.45, 7) is 2.51. The molecule has 0 bridgehead atoms. The summed E-state index contributed by atoms with van der Waals surface area (Å²) in [6.07, 6.45) is -3.19. The molecule has 0 fully saturated rings. The number of ether oxygens (including phenoxy) is 2. The molecule has 0 saturated carbocycles. The van der Waals surface area contributed by atoms with Crippen molar-refractivity contribution in [3.8, 4) is 11.5 Å². The molecule has 2 aromatic heterocycles. The maximum Gasteiger partial charge on any atom is 0.410 e. The van der Waals surface area contributed by atoms with Gasteiger partial charge in [-0.2, -0.15) is 23.4 Å². The van der Waals surface area contributed by atoms with Crippen molar-refractivity contribution in [3.05, 3.63) is 83.2 Å². The molecule has 3 heterocycles. The van der Waals surface area contributed by atoms with Crippen LogP contribution in [0.25, 0.3) is 0 Å². The Hall–Kier alpha value is -4.48. The molecule has 204 valence electrons. The molecule has 4 aromatic rings. The first-order valence-electron chi connectivity index (χ1n) is 12.2. The van der Waals surface area contributed by atoms with E-state index in [1.807, 2.05) is 31.2 Å². The van der Waals surface area contributed by atoms with Gasteiger partial charge in [-0.25, -0.2) is 4.68 Å². The Morgan fingerprint density at radius 1 is 1.08 bits per heavy atom. The van der Waals surface area contributed by atoms with Gasteiger partial charge in [0, 0.05) is 24.8 Å². The third-order valence-corrected chi connectivity index (χ3v) is 6.71. The minimum absolute atomic E-state index is 0.0820. The summed E-state index contributed by atoms with van der Waals surface area (Å²) in [5.41, 5.74) is 2.61. The van der Waals surface area contributed by atoms with Crippen molar-refractivity contribution < 1.29 is 27.4 Å². The number of aryl methyl sites for hydroxylation is 1. The number of aromatic nitrogens is 4. The first-order valence-corrected chi connectivity index (χ1v) is 12.2. The van der Waals surface area contributed by atoms with E-state index in [9.17, 15) is 18.0 Å². The molecule has 12 heteroatoms. The molecular formula is C27H27F3N6O3. The first-order chi connectivity index (χ1) is 18.7.